The van der Waals surface area contributed by atoms with E-state index in [0.29, 0.717) is 6.42 Å². The van der Waals surface area contributed by atoms with Crippen molar-refractivity contribution >= 4 is 12.2 Å². The van der Waals surface area contributed by atoms with Gasteiger partial charge in [0.2, 0.25) is 0 Å². The summed E-state index contributed by atoms with van der Waals surface area (Å²) < 4.78 is 29.6. The molecule has 0 aliphatic carbocycles. The van der Waals surface area contributed by atoms with Crippen LogP contribution in [0.4, 0.5) is 14.0 Å². The van der Waals surface area contributed by atoms with Gasteiger partial charge in [0.25, 0.3) is 0 Å². The average Bonchev–Trinajstić information content (AvgIpc) is 3.36. The smallest absolute Gasteiger partial charge is 0.408 e. The van der Waals surface area contributed by atoms with Gasteiger partial charge in [-0.2, -0.15) is 0 Å². The van der Waals surface area contributed by atoms with Crippen molar-refractivity contribution < 1.29 is 33.0 Å². The molecule has 1 amide bonds. The Labute approximate surface area is 208 Å². The van der Waals surface area contributed by atoms with Crippen molar-refractivity contribution in [2.45, 2.75) is 38.0 Å². The molecule has 7 nitrogen and oxygen atoms in total. The molecular weight excluding hydrogens is 465 g/mol. The zero-order chi connectivity index (χ0) is 25.3. The number of carbonyl (C=O) groups excluding carboxylic acids is 2. The van der Waals surface area contributed by atoms with Crippen LogP contribution in [-0.4, -0.2) is 29.5 Å². The summed E-state index contributed by atoms with van der Waals surface area (Å²) in [5.41, 5.74) is 0.869. The first-order valence-corrected chi connectivity index (χ1v) is 11.4. The van der Waals surface area contributed by atoms with Gasteiger partial charge in [0.15, 0.2) is 0 Å². The molecule has 0 aromatic heterocycles. The fraction of sp³-hybridized carbons (Fsp3) is 0.214. The standard InChI is InChI=1S/C28H24FNO6/c1-20(12-17-25-18-19-26(33-25)21-13-15-22(29)16-14-21)30(27(31)34-23-8-4-2-5-9-23)36-28(32)35-24-10-6-3-7-11-24/h2-11,13-16,20,25-26H,18-19H2,1H3. The van der Waals surface area contributed by atoms with Crippen LogP contribution in [0, 0.1) is 17.7 Å². The van der Waals surface area contributed by atoms with Gasteiger partial charge in [0.05, 0.1) is 6.10 Å². The predicted molar refractivity (Wildman–Crippen MR) is 128 cm³/mol. The number of hydrogen-bond donors (Lipinski definition) is 0. The minimum atomic E-state index is -1.12. The number of nitrogens with zero attached hydrogens (tertiary/aromatic N) is 1. The molecule has 3 aromatic rings. The molecule has 3 unspecified atom stereocenters. The van der Waals surface area contributed by atoms with Crippen molar-refractivity contribution in [2.24, 2.45) is 0 Å². The van der Waals surface area contributed by atoms with Gasteiger partial charge in [-0.05, 0) is 61.7 Å². The van der Waals surface area contributed by atoms with Crippen molar-refractivity contribution in [3.8, 4) is 23.3 Å². The fourth-order valence-electron chi connectivity index (χ4n) is 3.53. The normalized spacial score (nSPS) is 17.3. The maximum Gasteiger partial charge on any atom is 0.539 e. The maximum atomic E-state index is 13.2. The molecule has 184 valence electrons. The quantitative estimate of drug-likeness (QED) is 0.192. The Hall–Kier alpha value is -4.35. The Kier molecular flexibility index (Phi) is 8.16. The molecule has 4 rings (SSSR count). The van der Waals surface area contributed by atoms with E-state index in [0.717, 1.165) is 17.0 Å². The molecule has 0 bridgehead atoms. The van der Waals surface area contributed by atoms with Crippen LogP contribution < -0.4 is 9.47 Å². The van der Waals surface area contributed by atoms with Gasteiger partial charge < -0.3 is 14.2 Å². The van der Waals surface area contributed by atoms with Crippen molar-refractivity contribution in [3.05, 3.63) is 96.3 Å². The Balaban J connectivity index is 1.43. The van der Waals surface area contributed by atoms with Gasteiger partial charge in [-0.3, -0.25) is 4.84 Å². The number of ether oxygens (including phenoxy) is 3. The second-order valence-electron chi connectivity index (χ2n) is 7.97. The highest BCUT2D eigenvalue weighted by molar-refractivity contribution is 5.73. The third kappa shape index (κ3) is 6.84. The van der Waals surface area contributed by atoms with Gasteiger partial charge in [-0.25, -0.2) is 14.0 Å². The van der Waals surface area contributed by atoms with Gasteiger partial charge in [0, 0.05) is 0 Å². The average molecular weight is 489 g/mol. The lowest BCUT2D eigenvalue weighted by Crippen LogP contribution is -2.42. The third-order valence-corrected chi connectivity index (χ3v) is 5.31. The number of benzene rings is 3. The van der Waals surface area contributed by atoms with Crippen LogP contribution in [0.15, 0.2) is 84.9 Å². The summed E-state index contributed by atoms with van der Waals surface area (Å²) in [6, 6.07) is 22.0. The van der Waals surface area contributed by atoms with E-state index in [1.54, 1.807) is 79.7 Å². The van der Waals surface area contributed by atoms with Crippen LogP contribution in [0.3, 0.4) is 0 Å². The van der Waals surface area contributed by atoms with Gasteiger partial charge in [-0.15, -0.1) is 5.06 Å². The summed E-state index contributed by atoms with van der Waals surface area (Å²) in [6.45, 7) is 1.58. The Morgan fingerprint density at radius 3 is 2.17 bits per heavy atom. The number of hydroxylamine groups is 2. The van der Waals surface area contributed by atoms with E-state index >= 15 is 0 Å². The van der Waals surface area contributed by atoms with Gasteiger partial charge >= 0.3 is 12.2 Å². The Bertz CT molecular complexity index is 1220. The van der Waals surface area contributed by atoms with Crippen molar-refractivity contribution in [3.63, 3.8) is 0 Å². The first kappa shape index (κ1) is 24.8. The lowest BCUT2D eigenvalue weighted by atomic mass is 10.1. The van der Waals surface area contributed by atoms with E-state index in [4.69, 9.17) is 19.0 Å². The summed E-state index contributed by atoms with van der Waals surface area (Å²) in [5.74, 6) is 6.10. The number of hydrogen-bond acceptors (Lipinski definition) is 6. The first-order valence-electron chi connectivity index (χ1n) is 11.4. The molecule has 1 saturated heterocycles. The first-order chi connectivity index (χ1) is 17.5. The van der Waals surface area contributed by atoms with Crippen LogP contribution in [0.2, 0.25) is 0 Å². The maximum absolute atomic E-state index is 13.2. The van der Waals surface area contributed by atoms with Gasteiger partial charge in [0.1, 0.15) is 29.5 Å². The molecule has 0 spiro atoms. The number of carbonyl (C=O) groups is 2. The second kappa shape index (κ2) is 11.9. The minimum Gasteiger partial charge on any atom is -0.408 e. The molecular formula is C28H24FNO6. The molecule has 1 aliphatic heterocycles. The minimum absolute atomic E-state index is 0.198. The summed E-state index contributed by atoms with van der Waals surface area (Å²) in [7, 11) is 0. The molecule has 3 atom stereocenters. The second-order valence-corrected chi connectivity index (χ2v) is 7.97. The number of halogens is 1. The lowest BCUT2D eigenvalue weighted by Gasteiger charge is -2.22. The molecule has 8 heteroatoms. The monoisotopic (exact) mass is 489 g/mol. The molecule has 0 N–H and O–H groups in total. The number of para-hydroxylation sites is 2. The predicted octanol–water partition coefficient (Wildman–Crippen LogP) is 6.07. The van der Waals surface area contributed by atoms with Crippen molar-refractivity contribution in [2.75, 3.05) is 0 Å². The highest BCUT2D eigenvalue weighted by atomic mass is 19.1. The van der Waals surface area contributed by atoms with Crippen LogP contribution in [-0.2, 0) is 9.57 Å². The zero-order valence-electron chi connectivity index (χ0n) is 19.5. The number of rotatable bonds is 4. The Morgan fingerprint density at radius 1 is 0.917 bits per heavy atom. The SMILES string of the molecule is CC(C#CC1CCC(c2ccc(F)cc2)O1)N(OC(=O)Oc1ccccc1)C(=O)Oc1ccccc1. The summed E-state index contributed by atoms with van der Waals surface area (Å²) in [4.78, 5) is 30.4. The molecule has 1 fully saturated rings. The summed E-state index contributed by atoms with van der Waals surface area (Å²) in [6.07, 6.45) is -1.27. The van der Waals surface area contributed by atoms with Crippen LogP contribution in [0.5, 0.6) is 11.5 Å². The number of amides is 1. The van der Waals surface area contributed by atoms with Crippen LogP contribution in [0.1, 0.15) is 31.4 Å². The molecule has 1 aliphatic rings. The van der Waals surface area contributed by atoms with Gasteiger partial charge in [-0.1, -0.05) is 60.4 Å². The molecule has 0 radical (unpaired) electrons. The topological polar surface area (TPSA) is 74.3 Å². The van der Waals surface area contributed by atoms with Crippen LogP contribution in [0.25, 0.3) is 0 Å². The fourth-order valence-corrected chi connectivity index (χ4v) is 3.53. The largest absolute Gasteiger partial charge is 0.539 e. The van der Waals surface area contributed by atoms with E-state index in [9.17, 15) is 14.0 Å². The van der Waals surface area contributed by atoms with E-state index in [-0.39, 0.29) is 23.4 Å². The Morgan fingerprint density at radius 2 is 1.53 bits per heavy atom. The molecule has 36 heavy (non-hydrogen) atoms. The summed E-state index contributed by atoms with van der Waals surface area (Å²) >= 11 is 0. The third-order valence-electron chi connectivity index (χ3n) is 5.31. The van der Waals surface area contributed by atoms with Crippen molar-refractivity contribution in [1.29, 1.82) is 0 Å². The van der Waals surface area contributed by atoms with E-state index in [1.807, 2.05) is 0 Å². The van der Waals surface area contributed by atoms with Crippen molar-refractivity contribution in [1.82, 2.24) is 5.06 Å². The molecule has 1 heterocycles. The molecule has 0 saturated carbocycles. The van der Waals surface area contributed by atoms with Crippen LogP contribution >= 0.6 is 0 Å². The van der Waals surface area contributed by atoms with E-state index in [2.05, 4.69) is 11.8 Å². The lowest BCUT2D eigenvalue weighted by molar-refractivity contribution is -0.100. The highest BCUT2D eigenvalue weighted by Crippen LogP contribution is 2.32. The van der Waals surface area contributed by atoms with E-state index < -0.39 is 24.4 Å². The zero-order valence-corrected chi connectivity index (χ0v) is 19.5. The van der Waals surface area contributed by atoms with E-state index in [1.165, 1.54) is 12.1 Å². The molecule has 3 aromatic carbocycles. The highest BCUT2D eigenvalue weighted by Gasteiger charge is 2.29. The summed E-state index contributed by atoms with van der Waals surface area (Å²) in [5, 5.41) is 0.720.